The van der Waals surface area contributed by atoms with E-state index in [1.54, 1.807) is 11.3 Å². The zero-order valence-electron chi connectivity index (χ0n) is 11.7. The van der Waals surface area contributed by atoms with Crippen molar-refractivity contribution in [2.24, 2.45) is 0 Å². The first kappa shape index (κ1) is 14.0. The summed E-state index contributed by atoms with van der Waals surface area (Å²) >= 11 is 1.59. The standard InChI is InChI=1S/C15H19N2OS/c1-11(2)18-15(3,4)13-10-19-14(17-13)16-12-8-6-5-7-9-12/h6-11H,1-4H3,(H,16,17). The summed E-state index contributed by atoms with van der Waals surface area (Å²) in [5.41, 5.74) is 1.60. The zero-order valence-corrected chi connectivity index (χ0v) is 12.5. The Morgan fingerprint density at radius 3 is 2.63 bits per heavy atom. The first-order valence-corrected chi connectivity index (χ1v) is 7.22. The molecule has 0 saturated heterocycles. The first-order chi connectivity index (χ1) is 8.97. The zero-order chi connectivity index (χ0) is 13.9. The van der Waals surface area contributed by atoms with Crippen molar-refractivity contribution in [1.82, 2.24) is 4.98 Å². The van der Waals surface area contributed by atoms with Gasteiger partial charge in [-0.05, 0) is 45.9 Å². The van der Waals surface area contributed by atoms with E-state index < -0.39 is 0 Å². The molecule has 1 heterocycles. The largest absolute Gasteiger partial charge is 0.367 e. The van der Waals surface area contributed by atoms with Gasteiger partial charge in [-0.3, -0.25) is 0 Å². The number of rotatable bonds is 5. The molecule has 0 atom stereocenters. The van der Waals surface area contributed by atoms with E-state index in [2.05, 4.69) is 16.4 Å². The van der Waals surface area contributed by atoms with Gasteiger partial charge in [0.05, 0.1) is 11.8 Å². The third kappa shape index (κ3) is 3.78. The molecule has 1 N–H and O–H groups in total. The van der Waals surface area contributed by atoms with Crippen molar-refractivity contribution in [1.29, 1.82) is 0 Å². The topological polar surface area (TPSA) is 34.1 Å². The van der Waals surface area contributed by atoms with Crippen LogP contribution in [0.15, 0.2) is 29.6 Å². The van der Waals surface area contributed by atoms with Gasteiger partial charge in [-0.25, -0.2) is 4.98 Å². The lowest BCUT2D eigenvalue weighted by atomic mass is 10.1. The van der Waals surface area contributed by atoms with E-state index in [1.807, 2.05) is 57.3 Å². The minimum Gasteiger partial charge on any atom is -0.367 e. The fourth-order valence-corrected chi connectivity index (χ4v) is 2.74. The first-order valence-electron chi connectivity index (χ1n) is 6.34. The Kier molecular flexibility index (Phi) is 4.22. The maximum absolute atomic E-state index is 5.90. The lowest BCUT2D eigenvalue weighted by molar-refractivity contribution is -0.0623. The van der Waals surface area contributed by atoms with E-state index in [1.165, 1.54) is 0 Å². The van der Waals surface area contributed by atoms with Gasteiger partial charge in [-0.1, -0.05) is 12.1 Å². The van der Waals surface area contributed by atoms with Crippen LogP contribution in [0.25, 0.3) is 0 Å². The van der Waals surface area contributed by atoms with Crippen LogP contribution < -0.4 is 5.32 Å². The summed E-state index contributed by atoms with van der Waals surface area (Å²) in [6, 6.07) is 10.7. The number of anilines is 2. The molecule has 0 unspecified atom stereocenters. The molecule has 0 bridgehead atoms. The lowest BCUT2D eigenvalue weighted by Gasteiger charge is -2.25. The smallest absolute Gasteiger partial charge is 0.187 e. The van der Waals surface area contributed by atoms with Crippen molar-refractivity contribution in [3.8, 4) is 0 Å². The van der Waals surface area contributed by atoms with Crippen LogP contribution in [-0.2, 0) is 10.3 Å². The number of nitrogens with zero attached hydrogens (tertiary/aromatic N) is 1. The number of aromatic nitrogens is 1. The number of nitrogens with one attached hydrogen (secondary N) is 1. The average molecular weight is 275 g/mol. The minimum absolute atomic E-state index is 0.178. The predicted octanol–water partition coefficient (Wildman–Crippen LogP) is 4.35. The number of hydrogen-bond acceptors (Lipinski definition) is 4. The van der Waals surface area contributed by atoms with Crippen LogP contribution in [0.1, 0.15) is 33.4 Å². The normalized spacial score (nSPS) is 11.8. The Balaban J connectivity index is 2.11. The Morgan fingerprint density at radius 1 is 1.32 bits per heavy atom. The molecular formula is C15H19N2OS. The second kappa shape index (κ2) is 5.72. The highest BCUT2D eigenvalue weighted by atomic mass is 32.1. The van der Waals surface area contributed by atoms with Crippen molar-refractivity contribution < 1.29 is 4.74 Å². The van der Waals surface area contributed by atoms with Crippen LogP contribution in [0.4, 0.5) is 10.8 Å². The molecule has 101 valence electrons. The van der Waals surface area contributed by atoms with Gasteiger partial charge in [0.1, 0.15) is 5.60 Å². The van der Waals surface area contributed by atoms with E-state index in [0.717, 1.165) is 16.5 Å². The van der Waals surface area contributed by atoms with Gasteiger partial charge in [-0.15, -0.1) is 11.3 Å². The molecule has 2 rings (SSSR count). The van der Waals surface area contributed by atoms with Crippen molar-refractivity contribution in [2.75, 3.05) is 5.32 Å². The Labute approximate surface area is 118 Å². The van der Waals surface area contributed by atoms with Crippen LogP contribution in [0.5, 0.6) is 0 Å². The van der Waals surface area contributed by atoms with Crippen LogP contribution in [0, 0.1) is 6.07 Å². The Morgan fingerprint density at radius 2 is 2.00 bits per heavy atom. The Hall–Kier alpha value is -1.39. The minimum atomic E-state index is -0.366. The van der Waals surface area contributed by atoms with Gasteiger partial charge in [0.2, 0.25) is 0 Å². The van der Waals surface area contributed by atoms with Gasteiger partial charge in [0, 0.05) is 11.1 Å². The Bertz CT molecular complexity index is 520. The number of hydrogen-bond donors (Lipinski definition) is 1. The van der Waals surface area contributed by atoms with Gasteiger partial charge in [0.25, 0.3) is 0 Å². The highest BCUT2D eigenvalue weighted by Crippen LogP contribution is 2.30. The molecule has 1 radical (unpaired) electrons. The maximum atomic E-state index is 5.90. The molecule has 1 aromatic carbocycles. The second-order valence-corrected chi connectivity index (χ2v) is 5.99. The summed E-state index contributed by atoms with van der Waals surface area (Å²) in [7, 11) is 0. The van der Waals surface area contributed by atoms with E-state index in [4.69, 9.17) is 4.74 Å². The summed E-state index contributed by atoms with van der Waals surface area (Å²) < 4.78 is 5.90. The van der Waals surface area contributed by atoms with Crippen molar-refractivity contribution in [3.05, 3.63) is 41.4 Å². The molecule has 0 spiro atoms. The van der Waals surface area contributed by atoms with E-state index in [0.29, 0.717) is 0 Å². The second-order valence-electron chi connectivity index (χ2n) is 5.13. The number of benzene rings is 1. The number of thiazole rings is 1. The molecule has 0 saturated carbocycles. The van der Waals surface area contributed by atoms with Crippen LogP contribution in [-0.4, -0.2) is 11.1 Å². The molecule has 3 nitrogen and oxygen atoms in total. The molecular weight excluding hydrogens is 256 g/mol. The molecule has 0 fully saturated rings. The predicted molar refractivity (Wildman–Crippen MR) is 79.9 cm³/mol. The third-order valence-corrected chi connectivity index (χ3v) is 3.38. The molecule has 1 aromatic heterocycles. The monoisotopic (exact) mass is 275 g/mol. The van der Waals surface area contributed by atoms with Crippen molar-refractivity contribution in [2.45, 2.75) is 39.4 Å². The molecule has 4 heteroatoms. The molecule has 0 aliphatic rings. The van der Waals surface area contributed by atoms with Crippen LogP contribution in [0.3, 0.4) is 0 Å². The molecule has 2 aromatic rings. The fourth-order valence-electron chi connectivity index (χ4n) is 1.85. The summed E-state index contributed by atoms with van der Waals surface area (Å²) in [6.45, 7) is 8.16. The van der Waals surface area contributed by atoms with Crippen molar-refractivity contribution >= 4 is 22.2 Å². The molecule has 0 aliphatic heterocycles. The maximum Gasteiger partial charge on any atom is 0.187 e. The summed E-state index contributed by atoms with van der Waals surface area (Å²) in [5.74, 6) is 0. The van der Waals surface area contributed by atoms with Crippen molar-refractivity contribution in [3.63, 3.8) is 0 Å². The van der Waals surface area contributed by atoms with Crippen LogP contribution in [0.2, 0.25) is 0 Å². The van der Waals surface area contributed by atoms with Gasteiger partial charge in [0.15, 0.2) is 5.13 Å². The lowest BCUT2D eigenvalue weighted by Crippen LogP contribution is -2.25. The van der Waals surface area contributed by atoms with E-state index in [-0.39, 0.29) is 11.7 Å². The van der Waals surface area contributed by atoms with E-state index >= 15 is 0 Å². The highest BCUT2D eigenvalue weighted by Gasteiger charge is 2.25. The fraction of sp³-hybridized carbons (Fsp3) is 0.400. The summed E-state index contributed by atoms with van der Waals surface area (Å²) in [6.07, 6.45) is 0.178. The summed E-state index contributed by atoms with van der Waals surface area (Å²) in [4.78, 5) is 4.60. The summed E-state index contributed by atoms with van der Waals surface area (Å²) in [5, 5.41) is 6.20. The van der Waals surface area contributed by atoms with E-state index in [9.17, 15) is 0 Å². The third-order valence-electron chi connectivity index (χ3n) is 2.62. The average Bonchev–Trinajstić information content (AvgIpc) is 2.78. The quantitative estimate of drug-likeness (QED) is 0.881. The molecule has 0 amide bonds. The van der Waals surface area contributed by atoms with Gasteiger partial charge in [-0.2, -0.15) is 0 Å². The number of ether oxygens (including phenoxy) is 1. The van der Waals surface area contributed by atoms with Gasteiger partial charge >= 0.3 is 0 Å². The highest BCUT2D eigenvalue weighted by molar-refractivity contribution is 7.13. The van der Waals surface area contributed by atoms with Crippen LogP contribution >= 0.6 is 11.3 Å². The molecule has 0 aliphatic carbocycles. The SMILES string of the molecule is CC(C)OC(C)(C)c1csc(Nc2cc[c]cc2)n1. The van der Waals surface area contributed by atoms with Gasteiger partial charge < -0.3 is 10.1 Å². The molecule has 19 heavy (non-hydrogen) atoms.